The lowest BCUT2D eigenvalue weighted by Crippen LogP contribution is -1.97. The number of carbonyl (C=O) groups is 1. The second-order valence-electron chi connectivity index (χ2n) is 5.34. The van der Waals surface area contributed by atoms with Crippen molar-refractivity contribution in [2.75, 3.05) is 0 Å². The third kappa shape index (κ3) is 2.47. The summed E-state index contributed by atoms with van der Waals surface area (Å²) in [4.78, 5) is 19.6. The first-order chi connectivity index (χ1) is 11.8. The summed E-state index contributed by atoms with van der Waals surface area (Å²) in [7, 11) is 0. The quantitative estimate of drug-likeness (QED) is 0.408. The number of nitrogens with zero attached hydrogens (tertiary/aromatic N) is 3. The molecule has 0 saturated heterocycles. The smallest absolute Gasteiger partial charge is 0.224 e. The largest absolute Gasteiger partial charge is 0.301 e. The second kappa shape index (κ2) is 5.91. The highest BCUT2D eigenvalue weighted by molar-refractivity contribution is 6.28. The zero-order chi connectivity index (χ0) is 16.5. The Morgan fingerprint density at radius 1 is 0.917 bits per heavy atom. The van der Waals surface area contributed by atoms with Crippen molar-refractivity contribution in [2.45, 2.75) is 0 Å². The van der Waals surface area contributed by atoms with Gasteiger partial charge < -0.3 is 4.57 Å². The van der Waals surface area contributed by atoms with Crippen LogP contribution in [0, 0.1) is 0 Å². The maximum absolute atomic E-state index is 10.8. The van der Waals surface area contributed by atoms with E-state index in [-0.39, 0.29) is 5.28 Å². The molecular formula is C19H12ClN3O. The molecule has 0 saturated carbocycles. The summed E-state index contributed by atoms with van der Waals surface area (Å²) < 4.78 is 1.93. The summed E-state index contributed by atoms with van der Waals surface area (Å²) in [6, 6.07) is 19.2. The fourth-order valence-electron chi connectivity index (χ4n) is 2.73. The molecule has 0 radical (unpaired) electrons. The van der Waals surface area contributed by atoms with Gasteiger partial charge in [0, 0.05) is 28.4 Å². The summed E-state index contributed by atoms with van der Waals surface area (Å²) in [6.45, 7) is 0. The molecule has 0 aliphatic carbocycles. The molecular weight excluding hydrogens is 322 g/mol. The van der Waals surface area contributed by atoms with E-state index in [1.807, 2.05) is 59.3 Å². The first-order valence-electron chi connectivity index (χ1n) is 7.42. The van der Waals surface area contributed by atoms with Crippen molar-refractivity contribution in [1.82, 2.24) is 14.5 Å². The molecule has 0 fully saturated rings. The van der Waals surface area contributed by atoms with Gasteiger partial charge in [0.15, 0.2) is 0 Å². The topological polar surface area (TPSA) is 47.8 Å². The van der Waals surface area contributed by atoms with Crippen molar-refractivity contribution in [2.24, 2.45) is 0 Å². The van der Waals surface area contributed by atoms with Gasteiger partial charge in [-0.1, -0.05) is 30.3 Å². The van der Waals surface area contributed by atoms with E-state index < -0.39 is 0 Å². The predicted octanol–water partition coefficient (Wildman–Crippen LogP) is 4.55. The zero-order valence-electron chi connectivity index (χ0n) is 12.6. The third-order valence-corrected chi connectivity index (χ3v) is 4.04. The van der Waals surface area contributed by atoms with Crippen LogP contribution >= 0.6 is 11.6 Å². The molecule has 2 aromatic heterocycles. The molecule has 0 unspecified atom stereocenters. The summed E-state index contributed by atoms with van der Waals surface area (Å²) in [5.74, 6) is 0. The number of aldehydes is 1. The number of hydrogen-bond acceptors (Lipinski definition) is 3. The molecule has 0 aliphatic rings. The molecule has 0 N–H and O–H groups in total. The van der Waals surface area contributed by atoms with E-state index >= 15 is 0 Å². The van der Waals surface area contributed by atoms with Gasteiger partial charge in [-0.2, -0.15) is 4.98 Å². The predicted molar refractivity (Wildman–Crippen MR) is 94.7 cm³/mol. The van der Waals surface area contributed by atoms with E-state index in [0.717, 1.165) is 34.3 Å². The Hall–Kier alpha value is -2.98. The van der Waals surface area contributed by atoms with Crippen LogP contribution in [0.3, 0.4) is 0 Å². The summed E-state index contributed by atoms with van der Waals surface area (Å²) in [6.07, 6.45) is 2.75. The van der Waals surface area contributed by atoms with Crippen LogP contribution in [0.4, 0.5) is 0 Å². The highest BCUT2D eigenvalue weighted by Crippen LogP contribution is 2.29. The average Bonchev–Trinajstić information content (AvgIpc) is 3.05. The Balaban J connectivity index is 1.93. The molecule has 5 heteroatoms. The Morgan fingerprint density at radius 2 is 1.67 bits per heavy atom. The van der Waals surface area contributed by atoms with E-state index in [1.54, 1.807) is 12.1 Å². The fraction of sp³-hybridized carbons (Fsp3) is 0. The van der Waals surface area contributed by atoms with Gasteiger partial charge in [0.05, 0.1) is 5.69 Å². The maximum Gasteiger partial charge on any atom is 0.224 e. The van der Waals surface area contributed by atoms with Gasteiger partial charge >= 0.3 is 0 Å². The van der Waals surface area contributed by atoms with Crippen molar-refractivity contribution in [3.8, 4) is 16.9 Å². The number of rotatable bonds is 3. The van der Waals surface area contributed by atoms with Gasteiger partial charge in [0.25, 0.3) is 0 Å². The van der Waals surface area contributed by atoms with Crippen LogP contribution in [0.25, 0.3) is 28.0 Å². The van der Waals surface area contributed by atoms with Crippen molar-refractivity contribution in [1.29, 1.82) is 0 Å². The SMILES string of the molecule is O=Cc1ccc(-n2ccc3c(-c4ccccc4)nc(Cl)nc32)cc1. The molecule has 2 heterocycles. The molecule has 0 amide bonds. The van der Waals surface area contributed by atoms with Gasteiger partial charge in [0.1, 0.15) is 11.9 Å². The van der Waals surface area contributed by atoms with Crippen molar-refractivity contribution >= 4 is 28.9 Å². The lowest BCUT2D eigenvalue weighted by molar-refractivity contribution is 0.112. The number of fused-ring (bicyclic) bond motifs is 1. The van der Waals surface area contributed by atoms with Crippen molar-refractivity contribution in [3.63, 3.8) is 0 Å². The van der Waals surface area contributed by atoms with Gasteiger partial charge in [-0.05, 0) is 41.9 Å². The molecule has 116 valence electrons. The molecule has 4 rings (SSSR count). The van der Waals surface area contributed by atoms with E-state index in [0.29, 0.717) is 5.56 Å². The fourth-order valence-corrected chi connectivity index (χ4v) is 2.89. The van der Waals surface area contributed by atoms with Crippen LogP contribution in [-0.2, 0) is 0 Å². The summed E-state index contributed by atoms with van der Waals surface area (Å²) in [5, 5.41) is 1.12. The van der Waals surface area contributed by atoms with Crippen LogP contribution in [0.1, 0.15) is 10.4 Å². The Kier molecular flexibility index (Phi) is 3.59. The van der Waals surface area contributed by atoms with E-state index in [2.05, 4.69) is 9.97 Å². The van der Waals surface area contributed by atoms with Crippen LogP contribution in [0.2, 0.25) is 5.28 Å². The number of aromatic nitrogens is 3. The van der Waals surface area contributed by atoms with Crippen LogP contribution in [0.15, 0.2) is 66.9 Å². The van der Waals surface area contributed by atoms with Crippen LogP contribution in [0.5, 0.6) is 0 Å². The van der Waals surface area contributed by atoms with E-state index in [4.69, 9.17) is 11.6 Å². The van der Waals surface area contributed by atoms with Crippen LogP contribution < -0.4 is 0 Å². The molecule has 24 heavy (non-hydrogen) atoms. The Labute approximate surface area is 143 Å². The van der Waals surface area contributed by atoms with E-state index in [1.165, 1.54) is 0 Å². The minimum atomic E-state index is 0.200. The number of halogens is 1. The number of carbonyl (C=O) groups excluding carboxylic acids is 1. The molecule has 4 aromatic rings. The lowest BCUT2D eigenvalue weighted by Gasteiger charge is -2.07. The highest BCUT2D eigenvalue weighted by Gasteiger charge is 2.13. The van der Waals surface area contributed by atoms with Crippen molar-refractivity contribution < 1.29 is 4.79 Å². The third-order valence-electron chi connectivity index (χ3n) is 3.87. The van der Waals surface area contributed by atoms with Crippen molar-refractivity contribution in [3.05, 3.63) is 77.7 Å². The van der Waals surface area contributed by atoms with Crippen LogP contribution in [-0.4, -0.2) is 20.8 Å². The minimum Gasteiger partial charge on any atom is -0.301 e. The first-order valence-corrected chi connectivity index (χ1v) is 7.80. The molecule has 4 nitrogen and oxygen atoms in total. The zero-order valence-corrected chi connectivity index (χ0v) is 13.3. The maximum atomic E-state index is 10.8. The standard InChI is InChI=1S/C19H12ClN3O/c20-19-21-17(14-4-2-1-3-5-14)16-10-11-23(18(16)22-19)15-8-6-13(12-24)7-9-15/h1-12H. The second-order valence-corrected chi connectivity index (χ2v) is 5.68. The van der Waals surface area contributed by atoms with Gasteiger partial charge in [0.2, 0.25) is 5.28 Å². The molecule has 2 aromatic carbocycles. The Morgan fingerprint density at radius 3 is 2.38 bits per heavy atom. The monoisotopic (exact) mass is 333 g/mol. The van der Waals surface area contributed by atoms with E-state index in [9.17, 15) is 4.79 Å². The molecule has 0 spiro atoms. The number of hydrogen-bond donors (Lipinski definition) is 0. The highest BCUT2D eigenvalue weighted by atomic mass is 35.5. The Bertz CT molecular complexity index is 1020. The first kappa shape index (κ1) is 14.6. The summed E-state index contributed by atoms with van der Waals surface area (Å²) >= 11 is 6.16. The average molecular weight is 334 g/mol. The van der Waals surface area contributed by atoms with Gasteiger partial charge in [-0.3, -0.25) is 4.79 Å². The number of benzene rings is 2. The van der Waals surface area contributed by atoms with Gasteiger partial charge in [-0.15, -0.1) is 0 Å². The summed E-state index contributed by atoms with van der Waals surface area (Å²) in [5.41, 5.74) is 4.06. The normalized spacial score (nSPS) is 10.9. The molecule has 0 bridgehead atoms. The molecule has 0 aliphatic heterocycles. The lowest BCUT2D eigenvalue weighted by atomic mass is 10.1. The minimum absolute atomic E-state index is 0.200. The van der Waals surface area contributed by atoms with Gasteiger partial charge in [-0.25, -0.2) is 4.98 Å². The molecule has 0 atom stereocenters.